The highest BCUT2D eigenvalue weighted by Crippen LogP contribution is 2.64. The second-order valence-electron chi connectivity index (χ2n) is 5.01. The van der Waals surface area contributed by atoms with Crippen molar-refractivity contribution in [1.29, 1.82) is 0 Å². The monoisotopic (exact) mass is 189 g/mol. The van der Waals surface area contributed by atoms with Crippen molar-refractivity contribution in [3.63, 3.8) is 0 Å². The first-order chi connectivity index (χ1) is 6.77. The van der Waals surface area contributed by atoms with E-state index in [1.165, 1.54) is 6.42 Å². The van der Waals surface area contributed by atoms with Crippen molar-refractivity contribution in [3.8, 4) is 0 Å². The largest absolute Gasteiger partial charge is 0.296 e. The lowest BCUT2D eigenvalue weighted by Gasteiger charge is -2.37. The summed E-state index contributed by atoms with van der Waals surface area (Å²) in [5.74, 6) is 2.05. The van der Waals surface area contributed by atoms with Gasteiger partial charge in [0.15, 0.2) is 0 Å². The summed E-state index contributed by atoms with van der Waals surface area (Å²) >= 11 is 0. The molecule has 0 spiro atoms. The standard InChI is InChI=1S/C11H11NO2/c13-10-8-4-1-2-5(7-3-6(4)7)9(8)11(14)12-10/h1-2,4-9H,3H2,(H,12,13,14)/t4-,5-,6-,7+,8-,9+/m1/s1. The lowest BCUT2D eigenvalue weighted by molar-refractivity contribution is -0.126. The first-order valence-corrected chi connectivity index (χ1v) is 5.30. The molecule has 3 heteroatoms. The third-order valence-corrected chi connectivity index (χ3v) is 4.50. The SMILES string of the molecule is O=C1NC(=O)[C@H]2[C@@H]3C=C[C@H]([C@H]4C[C@@H]34)[C@@H]12. The highest BCUT2D eigenvalue weighted by atomic mass is 16.2. The third kappa shape index (κ3) is 0.606. The van der Waals surface area contributed by atoms with Crippen molar-refractivity contribution in [2.75, 3.05) is 0 Å². The van der Waals surface area contributed by atoms with Crippen molar-refractivity contribution in [3.05, 3.63) is 12.2 Å². The van der Waals surface area contributed by atoms with Gasteiger partial charge in [-0.2, -0.15) is 0 Å². The van der Waals surface area contributed by atoms with Crippen LogP contribution in [0.4, 0.5) is 0 Å². The quantitative estimate of drug-likeness (QED) is 0.441. The smallest absolute Gasteiger partial charge is 0.231 e. The number of nitrogens with one attached hydrogen (secondary N) is 1. The molecular formula is C11H11NO2. The predicted octanol–water partition coefficient (Wildman–Crippen LogP) is 0.327. The molecule has 0 unspecified atom stereocenters. The Bertz CT molecular complexity index is 353. The zero-order valence-corrected chi connectivity index (χ0v) is 7.64. The van der Waals surface area contributed by atoms with Crippen LogP contribution in [0.2, 0.25) is 0 Å². The van der Waals surface area contributed by atoms with Gasteiger partial charge >= 0.3 is 0 Å². The van der Waals surface area contributed by atoms with Crippen molar-refractivity contribution < 1.29 is 9.59 Å². The van der Waals surface area contributed by atoms with Crippen LogP contribution in [-0.2, 0) is 9.59 Å². The maximum absolute atomic E-state index is 11.6. The zero-order valence-electron chi connectivity index (χ0n) is 7.64. The lowest BCUT2D eigenvalue weighted by atomic mass is 9.63. The van der Waals surface area contributed by atoms with E-state index in [-0.39, 0.29) is 23.7 Å². The normalized spacial score (nSPS) is 56.9. The molecule has 6 atom stereocenters. The molecule has 0 aromatic carbocycles. The molecule has 5 rings (SSSR count). The second-order valence-corrected chi connectivity index (χ2v) is 5.01. The first-order valence-electron chi connectivity index (χ1n) is 5.30. The van der Waals surface area contributed by atoms with E-state index in [1.54, 1.807) is 0 Å². The Balaban J connectivity index is 1.88. The van der Waals surface area contributed by atoms with Gasteiger partial charge in [0.1, 0.15) is 0 Å². The molecule has 0 aromatic rings. The van der Waals surface area contributed by atoms with E-state index in [1.807, 2.05) is 0 Å². The van der Waals surface area contributed by atoms with Gasteiger partial charge in [-0.1, -0.05) is 12.2 Å². The van der Waals surface area contributed by atoms with Crippen LogP contribution in [0.25, 0.3) is 0 Å². The molecule has 3 nitrogen and oxygen atoms in total. The van der Waals surface area contributed by atoms with Gasteiger partial charge in [-0.05, 0) is 30.1 Å². The summed E-state index contributed by atoms with van der Waals surface area (Å²) in [7, 11) is 0. The van der Waals surface area contributed by atoms with Gasteiger partial charge in [-0.3, -0.25) is 14.9 Å². The predicted molar refractivity (Wildman–Crippen MR) is 47.8 cm³/mol. The number of amides is 2. The highest BCUT2D eigenvalue weighted by molar-refractivity contribution is 6.06. The Labute approximate surface area is 81.5 Å². The average Bonchev–Trinajstić information content (AvgIpc) is 2.92. The Morgan fingerprint density at radius 1 is 1.00 bits per heavy atom. The fourth-order valence-electron chi connectivity index (χ4n) is 3.88. The third-order valence-electron chi connectivity index (χ3n) is 4.50. The second kappa shape index (κ2) is 1.95. The van der Waals surface area contributed by atoms with Gasteiger partial charge in [0.2, 0.25) is 11.8 Å². The summed E-state index contributed by atoms with van der Waals surface area (Å²) in [6, 6.07) is 0. The van der Waals surface area contributed by atoms with E-state index in [0.717, 1.165) is 0 Å². The average molecular weight is 189 g/mol. The number of carbonyl (C=O) groups excluding carboxylic acids is 2. The Morgan fingerprint density at radius 3 is 2.00 bits per heavy atom. The van der Waals surface area contributed by atoms with Gasteiger partial charge in [-0.15, -0.1) is 0 Å². The summed E-state index contributed by atoms with van der Waals surface area (Å²) in [6.45, 7) is 0. The van der Waals surface area contributed by atoms with Crippen molar-refractivity contribution in [2.24, 2.45) is 35.5 Å². The van der Waals surface area contributed by atoms with Crippen LogP contribution in [0.15, 0.2) is 12.2 Å². The molecule has 0 aromatic heterocycles. The number of carbonyl (C=O) groups is 2. The summed E-state index contributed by atoms with van der Waals surface area (Å²) < 4.78 is 0. The topological polar surface area (TPSA) is 46.2 Å². The van der Waals surface area contributed by atoms with Crippen LogP contribution in [0, 0.1) is 35.5 Å². The molecule has 2 bridgehead atoms. The number of hydrogen-bond donors (Lipinski definition) is 1. The molecule has 4 aliphatic carbocycles. The minimum Gasteiger partial charge on any atom is -0.296 e. The Kier molecular flexibility index (Phi) is 1.00. The lowest BCUT2D eigenvalue weighted by Crippen LogP contribution is -2.40. The van der Waals surface area contributed by atoms with Gasteiger partial charge in [0.25, 0.3) is 0 Å². The minimum absolute atomic E-state index is 0.0234. The molecule has 3 fully saturated rings. The molecule has 72 valence electrons. The molecule has 1 heterocycles. The molecule has 0 radical (unpaired) electrons. The van der Waals surface area contributed by atoms with Crippen molar-refractivity contribution in [2.45, 2.75) is 6.42 Å². The van der Waals surface area contributed by atoms with Crippen molar-refractivity contribution in [1.82, 2.24) is 5.32 Å². The summed E-state index contributed by atoms with van der Waals surface area (Å²) in [4.78, 5) is 23.2. The summed E-state index contributed by atoms with van der Waals surface area (Å²) in [6.07, 6.45) is 5.59. The van der Waals surface area contributed by atoms with Crippen molar-refractivity contribution >= 4 is 11.8 Å². The summed E-state index contributed by atoms with van der Waals surface area (Å²) in [5, 5.41) is 2.48. The zero-order chi connectivity index (χ0) is 9.45. The first kappa shape index (κ1) is 7.21. The van der Waals surface area contributed by atoms with Gasteiger partial charge in [0, 0.05) is 0 Å². The number of allylic oxidation sites excluding steroid dienone is 2. The molecule has 1 saturated heterocycles. The molecule has 5 aliphatic rings. The molecule has 14 heavy (non-hydrogen) atoms. The van der Waals surface area contributed by atoms with Crippen LogP contribution in [0.1, 0.15) is 6.42 Å². The minimum atomic E-state index is -0.0266. The van der Waals surface area contributed by atoms with Crippen LogP contribution in [-0.4, -0.2) is 11.8 Å². The molecule has 2 saturated carbocycles. The van der Waals surface area contributed by atoms with Gasteiger partial charge < -0.3 is 0 Å². The Hall–Kier alpha value is -1.12. The number of hydrogen-bond acceptors (Lipinski definition) is 2. The van der Waals surface area contributed by atoms with Gasteiger partial charge in [-0.25, -0.2) is 0 Å². The molecular weight excluding hydrogens is 178 g/mol. The van der Waals surface area contributed by atoms with Crippen LogP contribution in [0.3, 0.4) is 0 Å². The van der Waals surface area contributed by atoms with E-state index in [0.29, 0.717) is 23.7 Å². The Morgan fingerprint density at radius 2 is 1.50 bits per heavy atom. The van der Waals surface area contributed by atoms with Crippen LogP contribution < -0.4 is 5.32 Å². The maximum Gasteiger partial charge on any atom is 0.231 e. The highest BCUT2D eigenvalue weighted by Gasteiger charge is 2.65. The van der Waals surface area contributed by atoms with E-state index >= 15 is 0 Å². The summed E-state index contributed by atoms with van der Waals surface area (Å²) in [5.41, 5.74) is 0. The van der Waals surface area contributed by atoms with E-state index < -0.39 is 0 Å². The maximum atomic E-state index is 11.6. The molecule has 2 amide bonds. The van der Waals surface area contributed by atoms with Crippen LogP contribution in [0.5, 0.6) is 0 Å². The fraction of sp³-hybridized carbons (Fsp3) is 0.636. The van der Waals surface area contributed by atoms with Crippen LogP contribution >= 0.6 is 0 Å². The number of rotatable bonds is 0. The van der Waals surface area contributed by atoms with Gasteiger partial charge in [0.05, 0.1) is 11.8 Å². The van der Waals surface area contributed by atoms with E-state index in [9.17, 15) is 9.59 Å². The van der Waals surface area contributed by atoms with E-state index in [2.05, 4.69) is 17.5 Å². The molecule has 1 N–H and O–H groups in total. The fourth-order valence-corrected chi connectivity index (χ4v) is 3.88. The van der Waals surface area contributed by atoms with E-state index in [4.69, 9.17) is 0 Å². The number of imide groups is 1. The molecule has 1 aliphatic heterocycles.